The third-order valence-corrected chi connectivity index (χ3v) is 10.6. The molecule has 0 aromatic heterocycles. The lowest BCUT2D eigenvalue weighted by Gasteiger charge is -2.35. The third-order valence-electron chi connectivity index (χ3n) is 8.83. The van der Waals surface area contributed by atoms with Gasteiger partial charge in [-0.3, -0.25) is 0 Å². The standard InChI is InChI=1S/C32H43BN4O8S/c1-32(2,14-8-15-34)21-37(46(40,41)25-12-7-11-24(18-25)36(3)33-22-44-33)19-28(38)27(17-23-9-5-4-6-10-23)35-31(39)45-29-20-43-30-26(29)13-16-42-30/h4-7,9-12,18,26-30,38H,8,13-14,16-17,19-22H2,1-3H3,(H,35,39). The summed E-state index contributed by atoms with van der Waals surface area (Å²) in [7, 11) is -2.39. The number of nitrogens with one attached hydrogen (secondary N) is 1. The zero-order valence-corrected chi connectivity index (χ0v) is 27.4. The summed E-state index contributed by atoms with van der Waals surface area (Å²) in [5.41, 5.74) is 0.953. The van der Waals surface area contributed by atoms with Gasteiger partial charge in [-0.1, -0.05) is 50.2 Å². The Hall–Kier alpha value is -3.19. The molecule has 1 amide bonds. The number of rotatable bonds is 15. The Balaban J connectivity index is 1.38. The number of sulfonamides is 1. The SMILES string of the molecule is CN(B1CO1)c1cccc(S(=O)(=O)N(CC(O)C(Cc2ccccc2)NC(=O)OC2COC3OCCC23)CC(C)(C)CCC#N)c1. The number of aliphatic hydroxyl groups is 1. The van der Waals surface area contributed by atoms with E-state index in [0.29, 0.717) is 25.2 Å². The number of hydrogen-bond acceptors (Lipinski definition) is 10. The Bertz CT molecular complexity index is 1490. The van der Waals surface area contributed by atoms with Crippen molar-refractivity contribution >= 4 is 28.9 Å². The van der Waals surface area contributed by atoms with Crippen molar-refractivity contribution in [1.82, 2.24) is 9.62 Å². The molecule has 0 bridgehead atoms. The quantitative estimate of drug-likeness (QED) is 0.217. The van der Waals surface area contributed by atoms with Crippen LogP contribution in [0.4, 0.5) is 10.5 Å². The second kappa shape index (κ2) is 14.7. The van der Waals surface area contributed by atoms with Crippen LogP contribution in [0.25, 0.3) is 0 Å². The molecule has 0 radical (unpaired) electrons. The molecule has 3 aliphatic rings. The van der Waals surface area contributed by atoms with E-state index in [1.807, 2.05) is 62.1 Å². The number of nitriles is 1. The van der Waals surface area contributed by atoms with Crippen LogP contribution in [0, 0.1) is 22.7 Å². The molecule has 5 atom stereocenters. The molecule has 3 aliphatic heterocycles. The fraction of sp³-hybridized carbons (Fsp3) is 0.562. The van der Waals surface area contributed by atoms with E-state index in [4.69, 9.17) is 18.9 Å². The van der Waals surface area contributed by atoms with E-state index in [9.17, 15) is 23.6 Å². The van der Waals surface area contributed by atoms with Crippen molar-refractivity contribution in [3.63, 3.8) is 0 Å². The first kappa shape index (κ1) is 34.2. The minimum absolute atomic E-state index is 0.0465. The van der Waals surface area contributed by atoms with E-state index in [1.54, 1.807) is 12.1 Å². The number of amides is 1. The van der Waals surface area contributed by atoms with Crippen LogP contribution in [0.1, 0.15) is 38.7 Å². The van der Waals surface area contributed by atoms with Gasteiger partial charge in [-0.25, -0.2) is 13.2 Å². The smallest absolute Gasteiger partial charge is 0.440 e. The number of benzene rings is 2. The Morgan fingerprint density at radius 3 is 2.70 bits per heavy atom. The second-order valence-corrected chi connectivity index (χ2v) is 14.9. The third kappa shape index (κ3) is 8.58. The summed E-state index contributed by atoms with van der Waals surface area (Å²) >= 11 is 0. The average molecular weight is 655 g/mol. The Morgan fingerprint density at radius 1 is 1.22 bits per heavy atom. The highest BCUT2D eigenvalue weighted by Gasteiger charge is 2.44. The van der Waals surface area contributed by atoms with Crippen LogP contribution in [-0.2, 0) is 35.3 Å². The molecule has 46 heavy (non-hydrogen) atoms. The Labute approximate surface area is 271 Å². The lowest BCUT2D eigenvalue weighted by molar-refractivity contribution is -0.0907. The van der Waals surface area contributed by atoms with Gasteiger partial charge in [0.25, 0.3) is 0 Å². The normalized spacial score (nSPS) is 22.2. The molecule has 3 fully saturated rings. The van der Waals surface area contributed by atoms with Gasteiger partial charge < -0.3 is 34.1 Å². The first-order valence-electron chi connectivity index (χ1n) is 15.7. The molecule has 0 saturated carbocycles. The fourth-order valence-electron chi connectivity index (χ4n) is 6.00. The predicted molar refractivity (Wildman–Crippen MR) is 171 cm³/mol. The molecule has 12 nitrogen and oxygen atoms in total. The van der Waals surface area contributed by atoms with Crippen LogP contribution in [0.2, 0.25) is 0 Å². The fourth-order valence-corrected chi connectivity index (χ4v) is 7.69. The van der Waals surface area contributed by atoms with Crippen molar-refractivity contribution < 1.29 is 37.2 Å². The van der Waals surface area contributed by atoms with Gasteiger partial charge in [0.1, 0.15) is 6.10 Å². The van der Waals surface area contributed by atoms with Crippen molar-refractivity contribution in [3.8, 4) is 6.07 Å². The van der Waals surface area contributed by atoms with Crippen LogP contribution < -0.4 is 10.1 Å². The highest BCUT2D eigenvalue weighted by Crippen LogP contribution is 2.33. The van der Waals surface area contributed by atoms with Crippen molar-refractivity contribution in [3.05, 3.63) is 60.2 Å². The van der Waals surface area contributed by atoms with Gasteiger partial charge in [0, 0.05) is 25.2 Å². The molecule has 2 aromatic carbocycles. The van der Waals surface area contributed by atoms with Gasteiger partial charge in [0.2, 0.25) is 10.0 Å². The minimum Gasteiger partial charge on any atom is -0.443 e. The summed E-state index contributed by atoms with van der Waals surface area (Å²) in [6.45, 7) is 4.87. The lowest BCUT2D eigenvalue weighted by Crippen LogP contribution is -2.52. The van der Waals surface area contributed by atoms with Crippen LogP contribution in [0.3, 0.4) is 0 Å². The first-order valence-corrected chi connectivity index (χ1v) is 17.1. The molecule has 0 spiro atoms. The maximum absolute atomic E-state index is 14.3. The summed E-state index contributed by atoms with van der Waals surface area (Å²) in [5.74, 6) is -0.0548. The van der Waals surface area contributed by atoms with Gasteiger partial charge in [-0.15, -0.1) is 0 Å². The lowest BCUT2D eigenvalue weighted by atomic mass is 9.88. The van der Waals surface area contributed by atoms with Gasteiger partial charge >= 0.3 is 13.1 Å². The first-order chi connectivity index (χ1) is 22.0. The van der Waals surface area contributed by atoms with E-state index in [0.717, 1.165) is 12.0 Å². The van der Waals surface area contributed by atoms with Crippen molar-refractivity contribution in [2.24, 2.45) is 11.3 Å². The maximum Gasteiger partial charge on any atom is 0.440 e. The van der Waals surface area contributed by atoms with E-state index >= 15 is 0 Å². The number of hydrogen-bond donors (Lipinski definition) is 2. The molecule has 0 aliphatic carbocycles. The van der Waals surface area contributed by atoms with Crippen LogP contribution in [0.5, 0.6) is 0 Å². The molecule has 5 unspecified atom stereocenters. The topological polar surface area (TPSA) is 154 Å². The number of nitrogens with zero attached hydrogens (tertiary/aromatic N) is 3. The van der Waals surface area contributed by atoms with E-state index in [1.165, 1.54) is 10.4 Å². The zero-order valence-electron chi connectivity index (χ0n) is 26.6. The number of carbonyl (C=O) groups excluding carboxylic acids is 1. The van der Waals surface area contributed by atoms with Gasteiger partial charge in [0.15, 0.2) is 6.29 Å². The molecule has 5 rings (SSSR count). The van der Waals surface area contributed by atoms with Crippen LogP contribution >= 0.6 is 0 Å². The molecule has 2 N–H and O–H groups in total. The summed E-state index contributed by atoms with van der Waals surface area (Å²) in [4.78, 5) is 15.1. The second-order valence-electron chi connectivity index (χ2n) is 13.0. The summed E-state index contributed by atoms with van der Waals surface area (Å²) in [5, 5.41) is 23.8. The summed E-state index contributed by atoms with van der Waals surface area (Å²) < 4.78 is 52.1. The minimum atomic E-state index is -4.13. The number of aliphatic hydroxyl groups excluding tert-OH is 1. The Kier molecular flexibility index (Phi) is 10.9. The molecule has 248 valence electrons. The monoisotopic (exact) mass is 654 g/mol. The summed E-state index contributed by atoms with van der Waals surface area (Å²) in [6, 6.07) is 17.2. The van der Waals surface area contributed by atoms with Gasteiger partial charge in [-0.2, -0.15) is 9.57 Å². The van der Waals surface area contributed by atoms with Crippen LogP contribution in [-0.4, -0.2) is 95.4 Å². The molecular weight excluding hydrogens is 611 g/mol. The predicted octanol–water partition coefficient (Wildman–Crippen LogP) is 2.96. The van der Waals surface area contributed by atoms with Crippen molar-refractivity contribution in [2.75, 3.05) is 44.7 Å². The van der Waals surface area contributed by atoms with E-state index in [2.05, 4.69) is 11.4 Å². The molecule has 3 heterocycles. The largest absolute Gasteiger partial charge is 0.443 e. The van der Waals surface area contributed by atoms with Gasteiger partial charge in [0.05, 0.1) is 48.7 Å². The van der Waals surface area contributed by atoms with Crippen molar-refractivity contribution in [1.29, 1.82) is 5.26 Å². The van der Waals surface area contributed by atoms with E-state index < -0.39 is 39.8 Å². The number of alkyl carbamates (subject to hydrolysis) is 1. The van der Waals surface area contributed by atoms with Crippen LogP contribution in [0.15, 0.2) is 59.5 Å². The molecule has 3 saturated heterocycles. The highest BCUT2D eigenvalue weighted by molar-refractivity contribution is 7.89. The van der Waals surface area contributed by atoms with Gasteiger partial charge in [-0.05, 0) is 55.5 Å². The molecule has 2 aromatic rings. The molecule has 14 heteroatoms. The van der Waals surface area contributed by atoms with E-state index in [-0.39, 0.29) is 56.7 Å². The number of carbonyl (C=O) groups is 1. The highest BCUT2D eigenvalue weighted by atomic mass is 32.2. The zero-order chi connectivity index (χ0) is 32.9. The maximum atomic E-state index is 14.3. The number of ether oxygens (including phenoxy) is 3. The average Bonchev–Trinajstić information content (AvgIpc) is 3.66. The number of anilines is 1. The summed E-state index contributed by atoms with van der Waals surface area (Å²) in [6.07, 6.45) is -1.22. The number of fused-ring (bicyclic) bond motifs is 1. The Morgan fingerprint density at radius 2 is 1.98 bits per heavy atom. The van der Waals surface area contributed by atoms with Crippen molar-refractivity contribution in [2.45, 2.75) is 69.0 Å². The molecular formula is C32H43BN4O8S.